The lowest BCUT2D eigenvalue weighted by atomic mass is 9.98. The van der Waals surface area contributed by atoms with Gasteiger partial charge in [-0.05, 0) is 51.4 Å². The molecule has 1 aliphatic rings. The van der Waals surface area contributed by atoms with Gasteiger partial charge in [-0.15, -0.1) is 0 Å². The number of rotatable bonds is 59. The molecule has 0 radical (unpaired) electrons. The maximum Gasteiger partial charge on any atom is 0.249 e. The Morgan fingerprint density at radius 2 is 0.769 bits per heavy atom. The van der Waals surface area contributed by atoms with E-state index in [1.165, 1.54) is 244 Å². The van der Waals surface area contributed by atoms with E-state index in [0.29, 0.717) is 19.3 Å². The van der Waals surface area contributed by atoms with Crippen LogP contribution in [0.25, 0.3) is 0 Å². The Morgan fingerprint density at radius 3 is 1.14 bits per heavy atom. The molecule has 1 aliphatic heterocycles. The number of aliphatic hydroxyl groups excluding tert-OH is 7. The van der Waals surface area contributed by atoms with Crippen LogP contribution in [0, 0.1) is 0 Å². The number of carbonyl (C=O) groups excluding carboxylic acids is 1. The Kier molecular flexibility index (Phi) is 53.6. The lowest BCUT2D eigenvalue weighted by Gasteiger charge is -2.40. The molecule has 1 amide bonds. The third kappa shape index (κ3) is 43.3. The quantitative estimate of drug-likeness (QED) is 0.0215. The predicted octanol–water partition coefficient (Wildman–Crippen LogP) is 15.6. The summed E-state index contributed by atoms with van der Waals surface area (Å²) in [5, 5.41) is 76.4. The molecule has 9 atom stereocenters. The summed E-state index contributed by atoms with van der Waals surface area (Å²) < 4.78 is 11.2. The van der Waals surface area contributed by atoms with Crippen LogP contribution in [0.15, 0.2) is 24.3 Å². The summed E-state index contributed by atoms with van der Waals surface area (Å²) >= 11 is 0. The second kappa shape index (κ2) is 56.1. The number of carbonyl (C=O) groups is 1. The fourth-order valence-electron chi connectivity index (χ4n) is 11.1. The van der Waals surface area contributed by atoms with Crippen LogP contribution in [-0.4, -0.2) is 110 Å². The van der Waals surface area contributed by atoms with E-state index >= 15 is 0 Å². The Morgan fingerprint density at radius 1 is 0.436 bits per heavy atom. The summed E-state index contributed by atoms with van der Waals surface area (Å²) in [6, 6.07) is -1.19. The second-order valence-electron chi connectivity index (χ2n) is 23.9. The fraction of sp³-hybridized carbons (Fsp3) is 0.925. The van der Waals surface area contributed by atoms with Gasteiger partial charge >= 0.3 is 0 Å². The highest BCUT2D eigenvalue weighted by Gasteiger charge is 2.44. The van der Waals surface area contributed by atoms with Crippen LogP contribution in [0.3, 0.4) is 0 Å². The van der Waals surface area contributed by atoms with Crippen molar-refractivity contribution in [2.45, 2.75) is 384 Å². The van der Waals surface area contributed by atoms with Crippen LogP contribution in [0.2, 0.25) is 0 Å². The smallest absolute Gasteiger partial charge is 0.249 e. The Bertz CT molecular complexity index is 1320. The van der Waals surface area contributed by atoms with E-state index in [-0.39, 0.29) is 12.8 Å². The highest BCUT2D eigenvalue weighted by molar-refractivity contribution is 5.80. The van der Waals surface area contributed by atoms with Crippen molar-refractivity contribution in [1.82, 2.24) is 5.32 Å². The zero-order valence-corrected chi connectivity index (χ0v) is 50.9. The number of hydrogen-bond acceptors (Lipinski definition) is 10. The fourth-order valence-corrected chi connectivity index (χ4v) is 11.1. The van der Waals surface area contributed by atoms with E-state index in [1.807, 2.05) is 0 Å². The first-order valence-electron chi connectivity index (χ1n) is 33.7. The molecule has 11 nitrogen and oxygen atoms in total. The molecule has 0 spiro atoms. The van der Waals surface area contributed by atoms with E-state index in [0.717, 1.165) is 38.5 Å². The van der Waals surface area contributed by atoms with Gasteiger partial charge in [-0.1, -0.05) is 301 Å². The molecule has 1 heterocycles. The first kappa shape index (κ1) is 74.6. The van der Waals surface area contributed by atoms with Crippen LogP contribution in [0.5, 0.6) is 0 Å². The third-order valence-corrected chi connectivity index (χ3v) is 16.5. The number of amides is 1. The zero-order chi connectivity index (χ0) is 56.8. The number of nitrogens with one attached hydrogen (secondary N) is 1. The molecule has 9 unspecified atom stereocenters. The summed E-state index contributed by atoms with van der Waals surface area (Å²) in [5.74, 6) is -0.704. The Balaban J connectivity index is 2.23. The summed E-state index contributed by atoms with van der Waals surface area (Å²) in [7, 11) is 0. The van der Waals surface area contributed by atoms with Gasteiger partial charge in [0.05, 0.1) is 25.4 Å². The first-order chi connectivity index (χ1) is 38.2. The van der Waals surface area contributed by atoms with Crippen molar-refractivity contribution < 1.29 is 50.0 Å². The van der Waals surface area contributed by atoms with Crippen molar-refractivity contribution >= 4 is 5.91 Å². The second-order valence-corrected chi connectivity index (χ2v) is 23.9. The van der Waals surface area contributed by atoms with Crippen LogP contribution in [0.4, 0.5) is 0 Å². The van der Waals surface area contributed by atoms with Crippen molar-refractivity contribution in [2.24, 2.45) is 0 Å². The SMILES string of the molecule is CCCCCCCCCCCCCCC/C=C/CC/C=C/CCCC(O)C(O)C(COC1OC(CO)C(O)C(O)C1O)NC(=O)C(O)CCCCCCCCCCCCCCCCCCCCCCCCCCCCCCC. The molecule has 0 aromatic heterocycles. The topological polar surface area (TPSA) is 189 Å². The lowest BCUT2D eigenvalue weighted by molar-refractivity contribution is -0.303. The zero-order valence-electron chi connectivity index (χ0n) is 50.9. The summed E-state index contributed by atoms with van der Waals surface area (Å²) in [6.07, 6.45) is 58.3. The summed E-state index contributed by atoms with van der Waals surface area (Å²) in [6.45, 7) is 3.49. The molecule has 0 aromatic rings. The lowest BCUT2D eigenvalue weighted by Crippen LogP contribution is -2.60. The monoisotopic (exact) mass is 1110 g/mol. The molecule has 0 bridgehead atoms. The first-order valence-corrected chi connectivity index (χ1v) is 33.7. The molecule has 0 saturated carbocycles. The van der Waals surface area contributed by atoms with Gasteiger partial charge in [-0.25, -0.2) is 0 Å². The Labute approximate surface area is 480 Å². The predicted molar refractivity (Wildman–Crippen MR) is 326 cm³/mol. The van der Waals surface area contributed by atoms with Gasteiger partial charge in [0.2, 0.25) is 5.91 Å². The molecule has 78 heavy (non-hydrogen) atoms. The number of allylic oxidation sites excluding steroid dienone is 4. The summed E-state index contributed by atoms with van der Waals surface area (Å²) in [4.78, 5) is 13.2. The number of hydrogen-bond donors (Lipinski definition) is 8. The van der Waals surface area contributed by atoms with Crippen LogP contribution in [-0.2, 0) is 14.3 Å². The molecule has 1 fully saturated rings. The Hall–Kier alpha value is -1.41. The van der Waals surface area contributed by atoms with Gasteiger partial charge < -0.3 is 50.5 Å². The van der Waals surface area contributed by atoms with E-state index in [4.69, 9.17) is 9.47 Å². The molecule has 0 aliphatic carbocycles. The molecule has 1 saturated heterocycles. The van der Waals surface area contributed by atoms with E-state index in [9.17, 15) is 40.5 Å². The van der Waals surface area contributed by atoms with Crippen LogP contribution >= 0.6 is 0 Å². The largest absolute Gasteiger partial charge is 0.394 e. The van der Waals surface area contributed by atoms with Crippen molar-refractivity contribution in [1.29, 1.82) is 0 Å². The minimum atomic E-state index is -1.67. The maximum absolute atomic E-state index is 13.2. The average molecular weight is 1110 g/mol. The van der Waals surface area contributed by atoms with Crippen molar-refractivity contribution in [3.8, 4) is 0 Å². The molecule has 462 valence electrons. The van der Waals surface area contributed by atoms with E-state index in [2.05, 4.69) is 43.5 Å². The molecular weight excluding hydrogens is 979 g/mol. The van der Waals surface area contributed by atoms with Crippen molar-refractivity contribution in [3.05, 3.63) is 24.3 Å². The number of aliphatic hydroxyl groups is 7. The van der Waals surface area contributed by atoms with E-state index < -0.39 is 74.2 Å². The average Bonchev–Trinajstić information content (AvgIpc) is 3.46. The highest BCUT2D eigenvalue weighted by Crippen LogP contribution is 2.24. The minimum absolute atomic E-state index is 0.249. The van der Waals surface area contributed by atoms with Gasteiger partial charge in [0.15, 0.2) is 6.29 Å². The number of ether oxygens (including phenoxy) is 2. The van der Waals surface area contributed by atoms with Gasteiger partial charge in [-0.3, -0.25) is 4.79 Å². The normalized spacial score (nSPS) is 19.5. The molecular formula is C67H129NO10. The van der Waals surface area contributed by atoms with Gasteiger partial charge in [0.1, 0.15) is 36.6 Å². The highest BCUT2D eigenvalue weighted by atomic mass is 16.7. The summed E-state index contributed by atoms with van der Waals surface area (Å²) in [5.41, 5.74) is 0. The standard InChI is InChI=1S/C67H129NO10/c1-3-5-7-9-11-13-15-17-19-21-23-25-27-28-29-30-31-32-33-35-37-39-41-43-45-47-49-51-53-55-60(71)66(76)68-58(57-77-67-65(75)64(74)63(73)61(56-69)78-67)62(72)59(70)54-52-50-48-46-44-42-40-38-36-34-26-24-22-20-18-16-14-12-10-8-6-4-2/h38,40,46,48,58-65,67,69-75H,3-37,39,41-45,47,49-57H2,1-2H3,(H,68,76)/b40-38+,48-46+. The van der Waals surface area contributed by atoms with Gasteiger partial charge in [0, 0.05) is 0 Å². The third-order valence-electron chi connectivity index (χ3n) is 16.5. The van der Waals surface area contributed by atoms with Gasteiger partial charge in [-0.2, -0.15) is 0 Å². The molecule has 8 N–H and O–H groups in total. The maximum atomic E-state index is 13.2. The van der Waals surface area contributed by atoms with Crippen LogP contribution < -0.4 is 5.32 Å². The van der Waals surface area contributed by atoms with Crippen molar-refractivity contribution in [2.75, 3.05) is 13.2 Å². The van der Waals surface area contributed by atoms with Gasteiger partial charge in [0.25, 0.3) is 0 Å². The molecule has 11 heteroatoms. The minimum Gasteiger partial charge on any atom is -0.394 e. The molecule has 0 aromatic carbocycles. The van der Waals surface area contributed by atoms with Crippen LogP contribution in [0.1, 0.15) is 328 Å². The molecule has 1 rings (SSSR count). The van der Waals surface area contributed by atoms with E-state index in [1.54, 1.807) is 0 Å². The number of unbranched alkanes of at least 4 members (excludes halogenated alkanes) is 43. The van der Waals surface area contributed by atoms with Crippen molar-refractivity contribution in [3.63, 3.8) is 0 Å².